The Balaban J connectivity index is 1.15. The quantitative estimate of drug-likeness (QED) is 0.552. The van der Waals surface area contributed by atoms with Crippen molar-refractivity contribution in [2.45, 2.75) is 43.4 Å². The van der Waals surface area contributed by atoms with Crippen LogP contribution in [0.15, 0.2) is 60.7 Å². The van der Waals surface area contributed by atoms with Crippen molar-refractivity contribution in [1.82, 2.24) is 10.6 Å². The fourth-order valence-corrected chi connectivity index (χ4v) is 5.28. The highest BCUT2D eigenvalue weighted by Gasteiger charge is 2.37. The smallest absolute Gasteiger partial charge is 0.407 e. The molecule has 0 saturated carbocycles. The molecule has 1 saturated heterocycles. The highest BCUT2D eigenvalue weighted by Crippen LogP contribution is 2.44. The molecular weight excluding hydrogens is 448 g/mol. The summed E-state index contributed by atoms with van der Waals surface area (Å²) in [5.74, 6) is -1.69. The van der Waals surface area contributed by atoms with E-state index in [2.05, 4.69) is 34.9 Å². The van der Waals surface area contributed by atoms with Gasteiger partial charge in [-0.2, -0.15) is 0 Å². The van der Waals surface area contributed by atoms with E-state index in [4.69, 9.17) is 9.47 Å². The first kappa shape index (κ1) is 23.1. The Morgan fingerprint density at radius 2 is 1.69 bits per heavy atom. The Morgan fingerprint density at radius 1 is 1.00 bits per heavy atom. The van der Waals surface area contributed by atoms with Crippen LogP contribution in [0.25, 0.3) is 11.1 Å². The summed E-state index contributed by atoms with van der Waals surface area (Å²) in [7, 11) is 0. The van der Waals surface area contributed by atoms with E-state index in [0.29, 0.717) is 25.9 Å². The van der Waals surface area contributed by atoms with Crippen molar-refractivity contribution in [3.05, 3.63) is 71.8 Å². The van der Waals surface area contributed by atoms with E-state index >= 15 is 0 Å². The van der Waals surface area contributed by atoms with Gasteiger partial charge in [-0.15, -0.1) is 0 Å². The molecule has 1 fully saturated rings. The van der Waals surface area contributed by atoms with Crippen molar-refractivity contribution in [2.75, 3.05) is 13.2 Å². The van der Waals surface area contributed by atoms with E-state index in [1.165, 1.54) is 11.1 Å². The molecule has 35 heavy (non-hydrogen) atoms. The Labute approximate surface area is 203 Å². The SMILES string of the molecule is O=C(N[C@@H]1C=CC[C@@H](C(=O)N[C@H]2CCO[C@H]2C(=O)O)C1)OCC1c2ccccc2-c2ccccc21. The number of rotatable bonds is 6. The molecule has 2 amide bonds. The van der Waals surface area contributed by atoms with Crippen molar-refractivity contribution in [2.24, 2.45) is 5.92 Å². The minimum atomic E-state index is -1.08. The molecule has 2 aromatic rings. The molecule has 8 nitrogen and oxygen atoms in total. The molecular formula is C27H28N2O6. The zero-order valence-corrected chi connectivity index (χ0v) is 19.2. The van der Waals surface area contributed by atoms with Crippen molar-refractivity contribution < 1.29 is 29.0 Å². The summed E-state index contributed by atoms with van der Waals surface area (Å²) in [6, 6.07) is 15.4. The van der Waals surface area contributed by atoms with Gasteiger partial charge < -0.3 is 25.2 Å². The van der Waals surface area contributed by atoms with Crippen molar-refractivity contribution in [1.29, 1.82) is 0 Å². The number of hydrogen-bond donors (Lipinski definition) is 3. The van der Waals surface area contributed by atoms with Gasteiger partial charge in [0.05, 0.1) is 12.1 Å². The van der Waals surface area contributed by atoms with E-state index in [9.17, 15) is 19.5 Å². The van der Waals surface area contributed by atoms with Gasteiger partial charge in [0, 0.05) is 18.4 Å². The van der Waals surface area contributed by atoms with Gasteiger partial charge in [0.1, 0.15) is 6.61 Å². The number of carbonyl (C=O) groups excluding carboxylic acids is 2. The van der Waals surface area contributed by atoms with Gasteiger partial charge in [-0.05, 0) is 41.5 Å². The number of alkyl carbamates (subject to hydrolysis) is 1. The second-order valence-corrected chi connectivity index (χ2v) is 9.21. The molecule has 182 valence electrons. The van der Waals surface area contributed by atoms with Gasteiger partial charge >= 0.3 is 12.1 Å². The fourth-order valence-electron chi connectivity index (χ4n) is 5.28. The highest BCUT2D eigenvalue weighted by molar-refractivity contribution is 5.82. The van der Waals surface area contributed by atoms with Gasteiger partial charge in [0.25, 0.3) is 0 Å². The average Bonchev–Trinajstić information content (AvgIpc) is 3.45. The molecule has 0 aromatic heterocycles. The summed E-state index contributed by atoms with van der Waals surface area (Å²) >= 11 is 0. The molecule has 1 heterocycles. The Morgan fingerprint density at radius 3 is 2.37 bits per heavy atom. The summed E-state index contributed by atoms with van der Waals surface area (Å²) in [5, 5.41) is 14.9. The molecule has 0 spiro atoms. The number of carboxylic acids is 1. The number of hydrogen-bond acceptors (Lipinski definition) is 5. The number of fused-ring (bicyclic) bond motifs is 3. The summed E-state index contributed by atoms with van der Waals surface area (Å²) in [4.78, 5) is 36.7. The van der Waals surface area contributed by atoms with Crippen LogP contribution in [0.2, 0.25) is 0 Å². The summed E-state index contributed by atoms with van der Waals surface area (Å²) in [6.45, 7) is 0.525. The molecule has 3 N–H and O–H groups in total. The monoisotopic (exact) mass is 476 g/mol. The molecule has 4 atom stereocenters. The Hall–Kier alpha value is -3.65. The average molecular weight is 477 g/mol. The standard InChI is InChI=1S/C27H28N2O6/c30-25(29-23-12-13-34-24(23)26(31)32)16-6-5-7-17(14-16)28-27(33)35-15-22-20-10-3-1-8-18(20)19-9-2-4-11-21(19)22/h1-5,7-11,16-17,22-24H,6,12-15H2,(H,28,33)(H,29,30)(H,31,32)/t16-,17-,23+,24-/m1/s1. The number of allylic oxidation sites excluding steroid dienone is 1. The molecule has 2 aromatic carbocycles. The molecule has 0 bridgehead atoms. The van der Waals surface area contributed by atoms with Crippen LogP contribution in [-0.4, -0.2) is 54.5 Å². The maximum atomic E-state index is 12.7. The predicted molar refractivity (Wildman–Crippen MR) is 128 cm³/mol. The van der Waals surface area contributed by atoms with Crippen LogP contribution in [0, 0.1) is 5.92 Å². The van der Waals surface area contributed by atoms with Crippen molar-refractivity contribution in [3.8, 4) is 11.1 Å². The second kappa shape index (κ2) is 9.92. The third-order valence-corrected chi connectivity index (χ3v) is 7.01. The maximum Gasteiger partial charge on any atom is 0.407 e. The van der Waals surface area contributed by atoms with Crippen LogP contribution in [0.5, 0.6) is 0 Å². The van der Waals surface area contributed by atoms with Gasteiger partial charge in [-0.1, -0.05) is 60.7 Å². The Kier molecular flexibility index (Phi) is 6.55. The zero-order chi connectivity index (χ0) is 24.4. The lowest BCUT2D eigenvalue weighted by molar-refractivity contribution is -0.148. The van der Waals surface area contributed by atoms with Crippen molar-refractivity contribution in [3.63, 3.8) is 0 Å². The predicted octanol–water partition coefficient (Wildman–Crippen LogP) is 3.22. The van der Waals surface area contributed by atoms with Crippen LogP contribution in [0.4, 0.5) is 4.79 Å². The number of nitrogens with one attached hydrogen (secondary N) is 2. The summed E-state index contributed by atoms with van der Waals surface area (Å²) in [6.07, 6.45) is 3.58. The number of carboxylic acid groups (broad SMARTS) is 1. The van der Waals surface area contributed by atoms with E-state index < -0.39 is 24.2 Å². The first-order chi connectivity index (χ1) is 17.0. The highest BCUT2D eigenvalue weighted by atomic mass is 16.5. The first-order valence-corrected chi connectivity index (χ1v) is 11.9. The number of amides is 2. The number of ether oxygens (including phenoxy) is 2. The fraction of sp³-hybridized carbons (Fsp3) is 0.370. The van der Waals surface area contributed by atoms with Gasteiger partial charge in [-0.25, -0.2) is 9.59 Å². The van der Waals surface area contributed by atoms with E-state index in [1.54, 1.807) is 0 Å². The minimum Gasteiger partial charge on any atom is -0.479 e. The van der Waals surface area contributed by atoms with E-state index in [-0.39, 0.29) is 30.4 Å². The third kappa shape index (κ3) is 4.79. The number of carbonyl (C=O) groups is 3. The molecule has 0 unspecified atom stereocenters. The maximum absolute atomic E-state index is 12.7. The molecule has 8 heteroatoms. The van der Waals surface area contributed by atoms with Crippen LogP contribution in [0.1, 0.15) is 36.3 Å². The largest absolute Gasteiger partial charge is 0.479 e. The van der Waals surface area contributed by atoms with E-state index in [0.717, 1.165) is 11.1 Å². The van der Waals surface area contributed by atoms with E-state index in [1.807, 2.05) is 36.4 Å². The normalized spacial score (nSPS) is 24.9. The molecule has 3 aliphatic rings. The molecule has 0 radical (unpaired) electrons. The Bertz CT molecular complexity index is 1120. The van der Waals surface area contributed by atoms with Crippen LogP contribution < -0.4 is 10.6 Å². The lowest BCUT2D eigenvalue weighted by Gasteiger charge is -2.26. The van der Waals surface area contributed by atoms with Crippen molar-refractivity contribution >= 4 is 18.0 Å². The van der Waals surface area contributed by atoms with Gasteiger partial charge in [-0.3, -0.25) is 4.79 Å². The number of benzene rings is 2. The number of aliphatic carboxylic acids is 1. The summed E-state index contributed by atoms with van der Waals surface area (Å²) in [5.41, 5.74) is 4.62. The first-order valence-electron chi connectivity index (χ1n) is 11.9. The minimum absolute atomic E-state index is 0.0237. The van der Waals surface area contributed by atoms with Gasteiger partial charge in [0.15, 0.2) is 6.10 Å². The van der Waals surface area contributed by atoms with Gasteiger partial charge in [0.2, 0.25) is 5.91 Å². The zero-order valence-electron chi connectivity index (χ0n) is 19.2. The van der Waals surface area contributed by atoms with Crippen LogP contribution >= 0.6 is 0 Å². The topological polar surface area (TPSA) is 114 Å². The molecule has 2 aliphatic carbocycles. The lowest BCUT2D eigenvalue weighted by Crippen LogP contribution is -2.48. The lowest BCUT2D eigenvalue weighted by atomic mass is 9.90. The van der Waals surface area contributed by atoms with Crippen LogP contribution in [-0.2, 0) is 19.1 Å². The third-order valence-electron chi connectivity index (χ3n) is 7.01. The summed E-state index contributed by atoms with van der Waals surface area (Å²) < 4.78 is 10.8. The molecule has 5 rings (SSSR count). The van der Waals surface area contributed by atoms with Crippen LogP contribution in [0.3, 0.4) is 0 Å². The second-order valence-electron chi connectivity index (χ2n) is 9.21. The molecule has 1 aliphatic heterocycles.